The average molecular weight is 350 g/mol. The number of nitrogens with zero attached hydrogens (tertiary/aromatic N) is 1. The van der Waals surface area contributed by atoms with Crippen molar-refractivity contribution in [1.29, 1.82) is 0 Å². The molecule has 1 aromatic carbocycles. The van der Waals surface area contributed by atoms with Crippen molar-refractivity contribution in [3.8, 4) is 0 Å². The number of benzene rings is 1. The Morgan fingerprint density at radius 2 is 1.95 bits per heavy atom. The van der Waals surface area contributed by atoms with Gasteiger partial charge < -0.3 is 9.15 Å². The number of ether oxygens (including phenoxy) is 1. The number of methoxy groups -OCH3 is 1. The lowest BCUT2D eigenvalue weighted by molar-refractivity contribution is -0.132. The minimum atomic E-state index is -0.641. The predicted molar refractivity (Wildman–Crippen MR) is 80.9 cm³/mol. The highest BCUT2D eigenvalue weighted by Crippen LogP contribution is 2.18. The summed E-state index contributed by atoms with van der Waals surface area (Å²) in [6, 6.07) is 10.2. The molecule has 0 unspecified atom stereocenters. The van der Waals surface area contributed by atoms with Gasteiger partial charge in [-0.2, -0.15) is 0 Å². The van der Waals surface area contributed by atoms with Crippen LogP contribution >= 0.6 is 15.9 Å². The summed E-state index contributed by atoms with van der Waals surface area (Å²) < 4.78 is 10.6. The van der Waals surface area contributed by atoms with Crippen molar-refractivity contribution >= 4 is 39.1 Å². The van der Waals surface area contributed by atoms with E-state index >= 15 is 0 Å². The molecule has 0 bridgehead atoms. The first-order valence-corrected chi connectivity index (χ1v) is 6.87. The summed E-state index contributed by atoms with van der Waals surface area (Å²) in [7, 11) is 1.25. The molecule has 0 aliphatic carbocycles. The van der Waals surface area contributed by atoms with Gasteiger partial charge in [0, 0.05) is 4.47 Å². The third kappa shape index (κ3) is 4.13. The molecule has 0 aliphatic rings. The standard InChI is InChI=1S/C15H12BrNO4/c1-20-15(19)12(9-13(18)14-3-2-8-21-14)17-11-6-4-10(16)5-7-11/h2-8H,9H2,1H3. The molecule has 108 valence electrons. The minimum absolute atomic E-state index is 0.0289. The molecule has 2 rings (SSSR count). The molecule has 5 nitrogen and oxygen atoms in total. The summed E-state index contributed by atoms with van der Waals surface area (Å²) in [5, 5.41) is 0. The molecule has 0 aliphatic heterocycles. The van der Waals surface area contributed by atoms with E-state index in [4.69, 9.17) is 4.42 Å². The van der Waals surface area contributed by atoms with Gasteiger partial charge in [-0.1, -0.05) is 15.9 Å². The van der Waals surface area contributed by atoms with E-state index in [2.05, 4.69) is 25.7 Å². The SMILES string of the molecule is COC(=O)C(CC(=O)c1ccco1)=Nc1ccc(Br)cc1. The van der Waals surface area contributed by atoms with Gasteiger partial charge in [0.05, 0.1) is 25.5 Å². The number of hydrogen-bond donors (Lipinski definition) is 0. The number of hydrogen-bond acceptors (Lipinski definition) is 5. The van der Waals surface area contributed by atoms with E-state index in [1.807, 2.05) is 0 Å². The maximum absolute atomic E-state index is 12.0. The predicted octanol–water partition coefficient (Wildman–Crippen LogP) is 3.56. The largest absolute Gasteiger partial charge is 0.465 e. The van der Waals surface area contributed by atoms with Gasteiger partial charge >= 0.3 is 5.97 Å². The number of ketones is 1. The zero-order valence-electron chi connectivity index (χ0n) is 11.2. The molecule has 2 aromatic rings. The molecule has 21 heavy (non-hydrogen) atoms. The first-order chi connectivity index (χ1) is 10.1. The number of halogens is 1. The van der Waals surface area contributed by atoms with Crippen LogP contribution in [0.15, 0.2) is 56.5 Å². The highest BCUT2D eigenvalue weighted by molar-refractivity contribution is 9.10. The van der Waals surface area contributed by atoms with Gasteiger partial charge in [-0.3, -0.25) is 4.79 Å². The summed E-state index contributed by atoms with van der Waals surface area (Å²) in [5.41, 5.74) is 0.590. The summed E-state index contributed by atoms with van der Waals surface area (Å²) >= 11 is 3.31. The highest BCUT2D eigenvalue weighted by Gasteiger charge is 2.19. The normalized spacial score (nSPS) is 11.2. The van der Waals surface area contributed by atoms with Gasteiger partial charge in [0.2, 0.25) is 5.78 Å². The molecular formula is C15H12BrNO4. The zero-order chi connectivity index (χ0) is 15.2. The van der Waals surface area contributed by atoms with Crippen LogP contribution in [0.2, 0.25) is 0 Å². The number of Topliss-reactive ketones (excluding diaryl/α,β-unsaturated/α-hetero) is 1. The molecule has 6 heteroatoms. The molecule has 0 amide bonds. The van der Waals surface area contributed by atoms with Gasteiger partial charge in [-0.25, -0.2) is 9.79 Å². The van der Waals surface area contributed by atoms with E-state index in [0.29, 0.717) is 5.69 Å². The van der Waals surface area contributed by atoms with Crippen molar-refractivity contribution in [2.24, 2.45) is 4.99 Å². The van der Waals surface area contributed by atoms with Crippen molar-refractivity contribution in [3.63, 3.8) is 0 Å². The van der Waals surface area contributed by atoms with Gasteiger partial charge in [0.1, 0.15) is 5.71 Å². The minimum Gasteiger partial charge on any atom is -0.465 e. The number of carbonyl (C=O) groups is 2. The molecular weight excluding hydrogens is 338 g/mol. The monoisotopic (exact) mass is 349 g/mol. The van der Waals surface area contributed by atoms with Crippen LogP contribution in [-0.4, -0.2) is 24.6 Å². The van der Waals surface area contributed by atoms with E-state index in [0.717, 1.165) is 4.47 Å². The highest BCUT2D eigenvalue weighted by atomic mass is 79.9. The molecule has 0 saturated carbocycles. The Hall–Kier alpha value is -2.21. The molecule has 1 heterocycles. The smallest absolute Gasteiger partial charge is 0.352 e. The zero-order valence-corrected chi connectivity index (χ0v) is 12.8. The van der Waals surface area contributed by atoms with Crippen LogP contribution < -0.4 is 0 Å². The van der Waals surface area contributed by atoms with E-state index in [1.165, 1.54) is 19.4 Å². The third-order valence-electron chi connectivity index (χ3n) is 2.64. The fourth-order valence-electron chi connectivity index (χ4n) is 1.62. The molecule has 0 fully saturated rings. The lowest BCUT2D eigenvalue weighted by Crippen LogP contribution is -2.19. The van der Waals surface area contributed by atoms with Crippen LogP contribution in [-0.2, 0) is 9.53 Å². The van der Waals surface area contributed by atoms with Crippen LogP contribution in [0.25, 0.3) is 0 Å². The summed E-state index contributed by atoms with van der Waals surface area (Å²) in [5.74, 6) is -0.790. The Labute approximate surface area is 129 Å². The number of aliphatic imine (C=N–C) groups is 1. The first-order valence-electron chi connectivity index (χ1n) is 6.08. The fourth-order valence-corrected chi connectivity index (χ4v) is 1.89. The Morgan fingerprint density at radius 3 is 2.52 bits per heavy atom. The Balaban J connectivity index is 2.24. The molecule has 0 radical (unpaired) electrons. The molecule has 0 spiro atoms. The lowest BCUT2D eigenvalue weighted by Gasteiger charge is -2.03. The Kier molecular flexibility index (Phi) is 5.05. The van der Waals surface area contributed by atoms with Crippen LogP contribution in [0.4, 0.5) is 5.69 Å². The number of carbonyl (C=O) groups excluding carboxylic acids is 2. The lowest BCUT2D eigenvalue weighted by atomic mass is 10.1. The van der Waals surface area contributed by atoms with Crippen molar-refractivity contribution in [3.05, 3.63) is 52.9 Å². The third-order valence-corrected chi connectivity index (χ3v) is 3.16. The van der Waals surface area contributed by atoms with Gasteiger partial charge in [0.25, 0.3) is 0 Å². The van der Waals surface area contributed by atoms with Gasteiger partial charge in [-0.15, -0.1) is 0 Å². The van der Waals surface area contributed by atoms with Crippen molar-refractivity contribution < 1.29 is 18.7 Å². The number of esters is 1. The second kappa shape index (κ2) is 6.99. The summed E-state index contributed by atoms with van der Waals surface area (Å²) in [6.07, 6.45) is 1.22. The maximum atomic E-state index is 12.0. The Bertz CT molecular complexity index is 659. The molecule has 0 saturated heterocycles. The maximum Gasteiger partial charge on any atom is 0.352 e. The van der Waals surface area contributed by atoms with E-state index in [-0.39, 0.29) is 23.7 Å². The Morgan fingerprint density at radius 1 is 1.24 bits per heavy atom. The van der Waals surface area contributed by atoms with Crippen LogP contribution in [0.5, 0.6) is 0 Å². The van der Waals surface area contributed by atoms with Crippen molar-refractivity contribution in [1.82, 2.24) is 0 Å². The fraction of sp³-hybridized carbons (Fsp3) is 0.133. The second-order valence-electron chi connectivity index (χ2n) is 4.10. The molecule has 1 aromatic heterocycles. The first kappa shape index (κ1) is 15.2. The quantitative estimate of drug-likeness (QED) is 0.470. The van der Waals surface area contributed by atoms with Crippen LogP contribution in [0.3, 0.4) is 0 Å². The number of furan rings is 1. The van der Waals surface area contributed by atoms with Gasteiger partial charge in [0.15, 0.2) is 5.76 Å². The second-order valence-corrected chi connectivity index (χ2v) is 5.02. The van der Waals surface area contributed by atoms with Crippen molar-refractivity contribution in [2.45, 2.75) is 6.42 Å². The van der Waals surface area contributed by atoms with E-state index < -0.39 is 5.97 Å². The average Bonchev–Trinajstić information content (AvgIpc) is 3.02. The van der Waals surface area contributed by atoms with Gasteiger partial charge in [-0.05, 0) is 36.4 Å². The number of rotatable bonds is 5. The van der Waals surface area contributed by atoms with E-state index in [1.54, 1.807) is 30.3 Å². The van der Waals surface area contributed by atoms with Crippen LogP contribution in [0, 0.1) is 0 Å². The molecule has 0 N–H and O–H groups in total. The summed E-state index contributed by atoms with van der Waals surface area (Å²) in [6.45, 7) is 0. The van der Waals surface area contributed by atoms with E-state index in [9.17, 15) is 9.59 Å². The van der Waals surface area contributed by atoms with Crippen molar-refractivity contribution in [2.75, 3.05) is 7.11 Å². The molecule has 0 atom stereocenters. The van der Waals surface area contributed by atoms with Crippen LogP contribution in [0.1, 0.15) is 17.0 Å². The summed E-state index contributed by atoms with van der Waals surface area (Å²) in [4.78, 5) is 27.9. The topological polar surface area (TPSA) is 68.9 Å².